The normalized spacial score (nSPS) is 25.0. The average Bonchev–Trinajstić information content (AvgIpc) is 2.62. The number of hydrogen-bond acceptors (Lipinski definition) is 5. The molecule has 0 saturated carbocycles. The van der Waals surface area contributed by atoms with E-state index in [9.17, 15) is 9.90 Å². The molecular formula is C19H28N2O4. The van der Waals surface area contributed by atoms with Gasteiger partial charge in [0.1, 0.15) is 18.0 Å². The summed E-state index contributed by atoms with van der Waals surface area (Å²) in [4.78, 5) is 16.3. The molecule has 0 spiro atoms. The SMILES string of the molecule is Cc1ccccc1OCC1(O)CCCN(CC(=O)N2CCOCC2)C1. The van der Waals surface area contributed by atoms with Crippen molar-refractivity contribution in [2.24, 2.45) is 0 Å². The van der Waals surface area contributed by atoms with E-state index in [-0.39, 0.29) is 12.5 Å². The quantitative estimate of drug-likeness (QED) is 0.862. The van der Waals surface area contributed by atoms with Crippen LogP contribution < -0.4 is 4.74 Å². The van der Waals surface area contributed by atoms with Crippen LogP contribution in [0.4, 0.5) is 0 Å². The van der Waals surface area contributed by atoms with Crippen molar-refractivity contribution < 1.29 is 19.4 Å². The lowest BCUT2D eigenvalue weighted by Gasteiger charge is -2.39. The number of aliphatic hydroxyl groups is 1. The Labute approximate surface area is 149 Å². The summed E-state index contributed by atoms with van der Waals surface area (Å²) in [7, 11) is 0. The van der Waals surface area contributed by atoms with Crippen LogP contribution in [0.1, 0.15) is 18.4 Å². The number of β-amino-alcohol motifs (C(OH)–C–C–N with tert-alkyl or cyclic N) is 1. The summed E-state index contributed by atoms with van der Waals surface area (Å²) in [6.07, 6.45) is 1.56. The number of nitrogens with zero attached hydrogens (tertiary/aromatic N) is 2. The monoisotopic (exact) mass is 348 g/mol. The minimum Gasteiger partial charge on any atom is -0.490 e. The van der Waals surface area contributed by atoms with Gasteiger partial charge in [-0.05, 0) is 37.9 Å². The largest absolute Gasteiger partial charge is 0.490 e. The Morgan fingerprint density at radius 3 is 2.80 bits per heavy atom. The number of rotatable bonds is 5. The molecule has 25 heavy (non-hydrogen) atoms. The number of aryl methyl sites for hydroxylation is 1. The van der Waals surface area contributed by atoms with E-state index in [2.05, 4.69) is 0 Å². The van der Waals surface area contributed by atoms with Gasteiger partial charge in [0.05, 0.1) is 19.8 Å². The molecule has 1 amide bonds. The van der Waals surface area contributed by atoms with Gasteiger partial charge in [-0.1, -0.05) is 18.2 Å². The van der Waals surface area contributed by atoms with E-state index >= 15 is 0 Å². The van der Waals surface area contributed by atoms with Crippen molar-refractivity contribution in [2.45, 2.75) is 25.4 Å². The Bertz CT molecular complexity index is 589. The minimum absolute atomic E-state index is 0.118. The number of morpholine rings is 1. The van der Waals surface area contributed by atoms with Crippen molar-refractivity contribution in [3.05, 3.63) is 29.8 Å². The summed E-state index contributed by atoms with van der Waals surface area (Å²) in [6, 6.07) is 7.81. The molecule has 1 aromatic carbocycles. The lowest BCUT2D eigenvalue weighted by Crippen LogP contribution is -2.54. The number of carbonyl (C=O) groups is 1. The summed E-state index contributed by atoms with van der Waals surface area (Å²) in [5.41, 5.74) is 0.146. The maximum absolute atomic E-state index is 12.4. The van der Waals surface area contributed by atoms with Crippen LogP contribution in [-0.2, 0) is 9.53 Å². The van der Waals surface area contributed by atoms with E-state index in [0.29, 0.717) is 45.8 Å². The number of para-hydroxylation sites is 1. The third kappa shape index (κ3) is 4.93. The second-order valence-electron chi connectivity index (χ2n) is 7.09. The number of carbonyl (C=O) groups excluding carboxylic acids is 1. The van der Waals surface area contributed by atoms with Gasteiger partial charge in [0.25, 0.3) is 0 Å². The van der Waals surface area contributed by atoms with Gasteiger partial charge >= 0.3 is 0 Å². The second-order valence-corrected chi connectivity index (χ2v) is 7.09. The van der Waals surface area contributed by atoms with E-state index in [0.717, 1.165) is 24.3 Å². The van der Waals surface area contributed by atoms with Gasteiger partial charge in [-0.2, -0.15) is 0 Å². The number of amides is 1. The lowest BCUT2D eigenvalue weighted by atomic mass is 9.93. The van der Waals surface area contributed by atoms with Crippen LogP contribution in [-0.4, -0.2) is 79.0 Å². The zero-order valence-corrected chi connectivity index (χ0v) is 14.9. The Morgan fingerprint density at radius 2 is 2.04 bits per heavy atom. The molecule has 2 saturated heterocycles. The highest BCUT2D eigenvalue weighted by Gasteiger charge is 2.35. The molecule has 2 aliphatic heterocycles. The first-order valence-corrected chi connectivity index (χ1v) is 9.04. The third-order valence-electron chi connectivity index (χ3n) is 4.95. The van der Waals surface area contributed by atoms with E-state index in [1.54, 1.807) is 0 Å². The summed E-state index contributed by atoms with van der Waals surface area (Å²) >= 11 is 0. The van der Waals surface area contributed by atoms with E-state index in [1.165, 1.54) is 0 Å². The van der Waals surface area contributed by atoms with Crippen LogP contribution in [0.25, 0.3) is 0 Å². The lowest BCUT2D eigenvalue weighted by molar-refractivity contribution is -0.138. The topological polar surface area (TPSA) is 62.2 Å². The highest BCUT2D eigenvalue weighted by molar-refractivity contribution is 5.78. The van der Waals surface area contributed by atoms with E-state index < -0.39 is 5.60 Å². The second kappa shape index (κ2) is 8.17. The fourth-order valence-corrected chi connectivity index (χ4v) is 3.49. The standard InChI is InChI=1S/C19H28N2O4/c1-16-5-2-3-6-17(16)25-15-19(23)7-4-8-20(14-19)13-18(22)21-9-11-24-12-10-21/h2-3,5-6,23H,4,7-15H2,1H3. The molecule has 1 aromatic rings. The highest BCUT2D eigenvalue weighted by Crippen LogP contribution is 2.24. The number of hydrogen-bond donors (Lipinski definition) is 1. The van der Waals surface area contributed by atoms with Crippen molar-refractivity contribution in [2.75, 3.05) is 52.5 Å². The van der Waals surface area contributed by atoms with E-state index in [1.807, 2.05) is 41.0 Å². The molecule has 2 heterocycles. The van der Waals surface area contributed by atoms with Crippen LogP contribution >= 0.6 is 0 Å². The number of likely N-dealkylation sites (tertiary alicyclic amines) is 1. The average molecular weight is 348 g/mol. The van der Waals surface area contributed by atoms with Gasteiger partial charge in [0, 0.05) is 19.6 Å². The first-order valence-electron chi connectivity index (χ1n) is 9.04. The van der Waals surface area contributed by atoms with Crippen LogP contribution in [0.3, 0.4) is 0 Å². The molecule has 0 aliphatic carbocycles. The minimum atomic E-state index is -0.911. The molecule has 1 N–H and O–H groups in total. The van der Waals surface area contributed by atoms with Crippen molar-refractivity contribution in [1.29, 1.82) is 0 Å². The summed E-state index contributed by atoms with van der Waals surface area (Å²) < 4.78 is 11.2. The smallest absolute Gasteiger partial charge is 0.236 e. The molecule has 3 rings (SSSR count). The Hall–Kier alpha value is -1.63. The molecule has 2 fully saturated rings. The molecule has 6 heteroatoms. The van der Waals surface area contributed by atoms with Gasteiger partial charge in [0.15, 0.2) is 0 Å². The zero-order chi connectivity index (χ0) is 17.7. The van der Waals surface area contributed by atoms with Gasteiger partial charge in [0.2, 0.25) is 5.91 Å². The molecule has 1 unspecified atom stereocenters. The Morgan fingerprint density at radius 1 is 1.28 bits per heavy atom. The number of ether oxygens (including phenoxy) is 2. The Kier molecular flexibility index (Phi) is 5.93. The van der Waals surface area contributed by atoms with E-state index in [4.69, 9.17) is 9.47 Å². The molecular weight excluding hydrogens is 320 g/mol. The van der Waals surface area contributed by atoms with Crippen molar-refractivity contribution >= 4 is 5.91 Å². The highest BCUT2D eigenvalue weighted by atomic mass is 16.5. The summed E-state index contributed by atoms with van der Waals surface area (Å²) in [6.45, 7) is 6.44. The fraction of sp³-hybridized carbons (Fsp3) is 0.632. The van der Waals surface area contributed by atoms with Gasteiger partial charge in [-0.15, -0.1) is 0 Å². The van der Waals surface area contributed by atoms with Crippen LogP contribution in [0.15, 0.2) is 24.3 Å². The van der Waals surface area contributed by atoms with Crippen LogP contribution in [0.2, 0.25) is 0 Å². The predicted molar refractivity (Wildman–Crippen MR) is 94.7 cm³/mol. The number of benzene rings is 1. The molecule has 0 bridgehead atoms. The first kappa shape index (κ1) is 18.2. The van der Waals surface area contributed by atoms with Crippen molar-refractivity contribution in [3.8, 4) is 5.75 Å². The Balaban J connectivity index is 1.52. The number of piperidine rings is 1. The molecule has 138 valence electrons. The maximum Gasteiger partial charge on any atom is 0.236 e. The summed E-state index contributed by atoms with van der Waals surface area (Å²) in [5.74, 6) is 0.921. The predicted octanol–water partition coefficient (Wildman–Crippen LogP) is 1.06. The van der Waals surface area contributed by atoms with Crippen molar-refractivity contribution in [1.82, 2.24) is 9.80 Å². The molecule has 0 radical (unpaired) electrons. The van der Waals surface area contributed by atoms with Gasteiger partial charge in [-0.25, -0.2) is 0 Å². The molecule has 1 atom stereocenters. The van der Waals surface area contributed by atoms with Crippen LogP contribution in [0, 0.1) is 6.92 Å². The molecule has 6 nitrogen and oxygen atoms in total. The maximum atomic E-state index is 12.4. The van der Waals surface area contributed by atoms with Gasteiger partial charge < -0.3 is 19.5 Å². The third-order valence-corrected chi connectivity index (χ3v) is 4.95. The first-order chi connectivity index (χ1) is 12.1. The van der Waals surface area contributed by atoms with Crippen molar-refractivity contribution in [3.63, 3.8) is 0 Å². The fourth-order valence-electron chi connectivity index (χ4n) is 3.49. The molecule has 2 aliphatic rings. The van der Waals surface area contributed by atoms with Gasteiger partial charge in [-0.3, -0.25) is 9.69 Å². The van der Waals surface area contributed by atoms with Crippen LogP contribution in [0.5, 0.6) is 5.75 Å². The zero-order valence-electron chi connectivity index (χ0n) is 14.9. The molecule has 0 aromatic heterocycles. The summed E-state index contributed by atoms with van der Waals surface area (Å²) in [5, 5.41) is 10.9.